The van der Waals surface area contributed by atoms with Crippen molar-refractivity contribution in [2.24, 2.45) is 52.3 Å². The predicted octanol–water partition coefficient (Wildman–Crippen LogP) is 8.33. The summed E-state index contributed by atoms with van der Waals surface area (Å²) >= 11 is 0. The lowest BCUT2D eigenvalue weighted by Gasteiger charge is -2.60. The van der Waals surface area contributed by atoms with Gasteiger partial charge in [-0.25, -0.2) is 0 Å². The quantitative estimate of drug-likeness (QED) is 0.418. The molecular formula is C30H53NO. The lowest BCUT2D eigenvalue weighted by Crippen LogP contribution is -2.55. The van der Waals surface area contributed by atoms with Crippen LogP contribution in [0.25, 0.3) is 0 Å². The van der Waals surface area contributed by atoms with Gasteiger partial charge in [0.1, 0.15) is 0 Å². The summed E-state index contributed by atoms with van der Waals surface area (Å²) in [5.41, 5.74) is 2.10. The van der Waals surface area contributed by atoms with E-state index in [0.29, 0.717) is 17.2 Å². The van der Waals surface area contributed by atoms with Crippen LogP contribution in [0.5, 0.6) is 0 Å². The third-order valence-corrected chi connectivity index (χ3v) is 10.6. The zero-order chi connectivity index (χ0) is 23.8. The smallest absolute Gasteiger partial charge is 0.226 e. The van der Waals surface area contributed by atoms with Crippen molar-refractivity contribution in [3.63, 3.8) is 0 Å². The van der Waals surface area contributed by atoms with Crippen molar-refractivity contribution >= 4 is 5.91 Å². The van der Waals surface area contributed by atoms with Crippen molar-refractivity contribution < 1.29 is 4.79 Å². The molecule has 1 amide bonds. The summed E-state index contributed by atoms with van der Waals surface area (Å²) in [5.74, 6) is 5.99. The topological polar surface area (TPSA) is 20.3 Å². The van der Waals surface area contributed by atoms with Gasteiger partial charge in [0.05, 0.1) is 0 Å². The molecule has 0 radical (unpaired) electrons. The molecule has 1 heterocycles. The number of nitrogens with zero attached hydrogens (tertiary/aromatic N) is 1. The first-order valence-electron chi connectivity index (χ1n) is 14.1. The maximum absolute atomic E-state index is 12.4. The van der Waals surface area contributed by atoms with E-state index < -0.39 is 0 Å². The van der Waals surface area contributed by atoms with E-state index in [-0.39, 0.29) is 5.41 Å². The minimum atomic E-state index is 0.210. The molecule has 0 bridgehead atoms. The van der Waals surface area contributed by atoms with Gasteiger partial charge in [0.15, 0.2) is 0 Å². The standard InChI is InChI=1S/C28H47NO.C2H6/c1-18(2)9-8-10-19(3)21-11-12-22-26-20(4)17-24-28(6,16-14-25(30)29(24)7)23(26)13-15-27(21,22)5;1-2/h17-23,26H,8-16H2,1-7H3;1-2H3/t19?,20?,21?,22?,23?,26?,27-,28-;/m1./s1. The first-order chi connectivity index (χ1) is 15.1. The van der Waals surface area contributed by atoms with Crippen LogP contribution in [0.1, 0.15) is 113 Å². The largest absolute Gasteiger partial charge is 0.319 e. The molecule has 184 valence electrons. The highest BCUT2D eigenvalue weighted by Gasteiger charge is 2.61. The molecule has 2 heteroatoms. The second-order valence-electron chi connectivity index (χ2n) is 12.6. The van der Waals surface area contributed by atoms with Crippen molar-refractivity contribution in [2.75, 3.05) is 7.05 Å². The first kappa shape index (κ1) is 25.8. The minimum absolute atomic E-state index is 0.210. The second kappa shape index (κ2) is 9.83. The molecule has 0 spiro atoms. The van der Waals surface area contributed by atoms with Gasteiger partial charge in [-0.05, 0) is 78.9 Å². The van der Waals surface area contributed by atoms with Gasteiger partial charge in [-0.2, -0.15) is 0 Å². The predicted molar refractivity (Wildman–Crippen MR) is 137 cm³/mol. The highest BCUT2D eigenvalue weighted by Crippen LogP contribution is 2.68. The third-order valence-electron chi connectivity index (χ3n) is 10.6. The Labute approximate surface area is 200 Å². The minimum Gasteiger partial charge on any atom is -0.319 e. The molecular weight excluding hydrogens is 390 g/mol. The molecule has 1 aliphatic heterocycles. The molecule has 1 saturated heterocycles. The van der Waals surface area contributed by atoms with E-state index in [9.17, 15) is 4.79 Å². The number of hydrogen-bond donors (Lipinski definition) is 0. The summed E-state index contributed by atoms with van der Waals surface area (Å²) in [6, 6.07) is 0. The zero-order valence-corrected chi connectivity index (χ0v) is 22.8. The summed E-state index contributed by atoms with van der Waals surface area (Å²) in [6.07, 6.45) is 14.2. The van der Waals surface area contributed by atoms with E-state index in [1.165, 1.54) is 50.6 Å². The van der Waals surface area contributed by atoms with Crippen LogP contribution in [-0.2, 0) is 4.79 Å². The Morgan fingerprint density at radius 1 is 1.03 bits per heavy atom. The van der Waals surface area contributed by atoms with Crippen molar-refractivity contribution in [3.05, 3.63) is 11.8 Å². The van der Waals surface area contributed by atoms with Crippen LogP contribution >= 0.6 is 0 Å². The van der Waals surface area contributed by atoms with Crippen LogP contribution in [-0.4, -0.2) is 17.9 Å². The average Bonchev–Trinajstić information content (AvgIpc) is 3.11. The number of piperidine rings is 1. The molecule has 0 aromatic heterocycles. The number of fused-ring (bicyclic) bond motifs is 5. The van der Waals surface area contributed by atoms with E-state index in [2.05, 4.69) is 47.6 Å². The van der Waals surface area contributed by atoms with E-state index in [1.54, 1.807) is 0 Å². The molecule has 0 N–H and O–H groups in total. The summed E-state index contributed by atoms with van der Waals surface area (Å²) in [5, 5.41) is 0. The zero-order valence-electron chi connectivity index (χ0n) is 22.8. The Hall–Kier alpha value is -0.790. The Morgan fingerprint density at radius 3 is 2.38 bits per heavy atom. The van der Waals surface area contributed by atoms with Crippen LogP contribution in [0.4, 0.5) is 0 Å². The number of carbonyl (C=O) groups excluding carboxylic acids is 1. The van der Waals surface area contributed by atoms with Crippen molar-refractivity contribution in [1.29, 1.82) is 0 Å². The number of carbonyl (C=O) groups is 1. The van der Waals surface area contributed by atoms with Gasteiger partial charge in [-0.3, -0.25) is 4.79 Å². The highest BCUT2D eigenvalue weighted by atomic mass is 16.2. The molecule has 3 fully saturated rings. The molecule has 2 saturated carbocycles. The number of likely N-dealkylation sites (tertiary alicyclic amines) is 1. The first-order valence-corrected chi connectivity index (χ1v) is 14.1. The highest BCUT2D eigenvalue weighted by molar-refractivity contribution is 5.79. The Bertz CT molecular complexity index is 695. The molecule has 2 nitrogen and oxygen atoms in total. The maximum Gasteiger partial charge on any atom is 0.226 e. The Kier molecular flexibility index (Phi) is 7.93. The number of amides is 1. The summed E-state index contributed by atoms with van der Waals surface area (Å²) in [6.45, 7) is 18.9. The van der Waals surface area contributed by atoms with E-state index in [0.717, 1.165) is 48.3 Å². The number of rotatable bonds is 5. The van der Waals surface area contributed by atoms with Crippen LogP contribution < -0.4 is 0 Å². The fourth-order valence-corrected chi connectivity index (χ4v) is 8.91. The van der Waals surface area contributed by atoms with Gasteiger partial charge in [0.25, 0.3) is 0 Å². The van der Waals surface area contributed by atoms with Crippen LogP contribution in [0, 0.1) is 52.3 Å². The van der Waals surface area contributed by atoms with Crippen LogP contribution in [0.15, 0.2) is 11.8 Å². The molecule has 0 aromatic rings. The third kappa shape index (κ3) is 4.22. The summed E-state index contributed by atoms with van der Waals surface area (Å²) in [7, 11) is 2.02. The lowest BCUT2D eigenvalue weighted by molar-refractivity contribution is -0.137. The number of allylic oxidation sites excluding steroid dienone is 2. The monoisotopic (exact) mass is 443 g/mol. The van der Waals surface area contributed by atoms with E-state index in [4.69, 9.17) is 0 Å². The van der Waals surface area contributed by atoms with E-state index in [1.807, 2.05) is 25.8 Å². The molecule has 0 aromatic carbocycles. The summed E-state index contributed by atoms with van der Waals surface area (Å²) < 4.78 is 0. The van der Waals surface area contributed by atoms with Gasteiger partial charge < -0.3 is 4.90 Å². The molecule has 8 atom stereocenters. The van der Waals surface area contributed by atoms with Crippen molar-refractivity contribution in [2.45, 2.75) is 113 Å². The Morgan fingerprint density at radius 2 is 1.72 bits per heavy atom. The van der Waals surface area contributed by atoms with Crippen LogP contribution in [0.3, 0.4) is 0 Å². The molecule has 32 heavy (non-hydrogen) atoms. The Balaban J connectivity index is 0.00000141. The van der Waals surface area contributed by atoms with Crippen LogP contribution in [0.2, 0.25) is 0 Å². The van der Waals surface area contributed by atoms with Gasteiger partial charge in [0.2, 0.25) is 5.91 Å². The van der Waals surface area contributed by atoms with Crippen molar-refractivity contribution in [1.82, 2.24) is 4.90 Å². The normalized spacial score (nSPS) is 41.8. The van der Waals surface area contributed by atoms with Gasteiger partial charge in [-0.15, -0.1) is 0 Å². The fourth-order valence-electron chi connectivity index (χ4n) is 8.91. The fraction of sp³-hybridized carbons (Fsp3) is 0.900. The molecule has 4 aliphatic rings. The molecule has 4 rings (SSSR count). The van der Waals surface area contributed by atoms with Gasteiger partial charge in [-0.1, -0.05) is 80.7 Å². The lowest BCUT2D eigenvalue weighted by atomic mass is 9.46. The number of hydrogen-bond acceptors (Lipinski definition) is 1. The molecule has 6 unspecified atom stereocenters. The van der Waals surface area contributed by atoms with E-state index >= 15 is 0 Å². The van der Waals surface area contributed by atoms with Gasteiger partial charge >= 0.3 is 0 Å². The SMILES string of the molecule is CC.CC(C)CCCC(C)C1CCC2C3C(C)C=C4N(C)C(=O)CC[C@]4(C)C3CC[C@]12C. The molecule has 3 aliphatic carbocycles. The summed E-state index contributed by atoms with van der Waals surface area (Å²) in [4.78, 5) is 14.4. The van der Waals surface area contributed by atoms with Crippen molar-refractivity contribution in [3.8, 4) is 0 Å². The second-order valence-corrected chi connectivity index (χ2v) is 12.6. The maximum atomic E-state index is 12.4. The average molecular weight is 444 g/mol. The van der Waals surface area contributed by atoms with Gasteiger partial charge in [0, 0.05) is 24.6 Å².